The Balaban J connectivity index is 1.42. The van der Waals surface area contributed by atoms with Crippen molar-refractivity contribution in [2.75, 3.05) is 6.54 Å². The number of hydrogen-bond donors (Lipinski definition) is 0. The molecule has 28 heavy (non-hydrogen) atoms. The van der Waals surface area contributed by atoms with Gasteiger partial charge in [-0.3, -0.25) is 0 Å². The maximum atomic E-state index is 12.7. The molecule has 2 bridgehead atoms. The quantitative estimate of drug-likeness (QED) is 0.664. The minimum Gasteiger partial charge on any atom is -0.459 e. The summed E-state index contributed by atoms with van der Waals surface area (Å²) in [5.74, 6) is -0.501. The molecule has 1 aromatic heterocycles. The van der Waals surface area contributed by atoms with Gasteiger partial charge in [0.15, 0.2) is 0 Å². The van der Waals surface area contributed by atoms with Crippen LogP contribution in [0.15, 0.2) is 52.1 Å². The fourth-order valence-electron chi connectivity index (χ4n) is 3.35. The first-order valence-corrected chi connectivity index (χ1v) is 11.0. The van der Waals surface area contributed by atoms with E-state index in [4.69, 9.17) is 9.02 Å². The second kappa shape index (κ2) is 7.53. The van der Waals surface area contributed by atoms with E-state index in [0.29, 0.717) is 12.8 Å². The molecule has 10 heteroatoms. The van der Waals surface area contributed by atoms with E-state index < -0.39 is 34.2 Å². The van der Waals surface area contributed by atoms with Crippen molar-refractivity contribution in [3.8, 4) is 0 Å². The summed E-state index contributed by atoms with van der Waals surface area (Å²) in [6.07, 6.45) is 0.843. The van der Waals surface area contributed by atoms with Crippen molar-refractivity contribution in [3.05, 3.63) is 53.4 Å². The van der Waals surface area contributed by atoms with Crippen molar-refractivity contribution in [1.29, 1.82) is 0 Å². The number of piperidine rings is 1. The van der Waals surface area contributed by atoms with E-state index in [1.165, 1.54) is 11.0 Å². The Morgan fingerprint density at radius 2 is 1.93 bits per heavy atom. The van der Waals surface area contributed by atoms with Crippen molar-refractivity contribution >= 4 is 33.5 Å². The molecule has 0 saturated carbocycles. The Morgan fingerprint density at radius 1 is 1.14 bits per heavy atom. The molecule has 2 aliphatic heterocycles. The summed E-state index contributed by atoms with van der Waals surface area (Å²) < 4.78 is 35.2. The van der Waals surface area contributed by atoms with Crippen LogP contribution in [0.4, 0.5) is 4.79 Å². The fraction of sp³-hybridized carbons (Fsp3) is 0.333. The molecule has 2 amide bonds. The van der Waals surface area contributed by atoms with Crippen molar-refractivity contribution in [3.63, 3.8) is 0 Å². The molecule has 148 valence electrons. The molecule has 0 radical (unpaired) electrons. The number of thiophene rings is 1. The summed E-state index contributed by atoms with van der Waals surface area (Å²) in [5, 5.41) is 2.49. The lowest BCUT2D eigenvalue weighted by Crippen LogP contribution is -2.45. The van der Waals surface area contributed by atoms with Crippen molar-refractivity contribution in [1.82, 2.24) is 9.96 Å². The molecule has 2 aliphatic rings. The number of ether oxygens (including phenoxy) is 1. The van der Waals surface area contributed by atoms with Crippen molar-refractivity contribution in [2.45, 2.75) is 35.7 Å². The highest BCUT2D eigenvalue weighted by Crippen LogP contribution is 2.32. The number of urea groups is 1. The van der Waals surface area contributed by atoms with Crippen LogP contribution in [0.3, 0.4) is 0 Å². The zero-order valence-corrected chi connectivity index (χ0v) is 16.4. The van der Waals surface area contributed by atoms with Gasteiger partial charge < -0.3 is 9.64 Å². The van der Waals surface area contributed by atoms with Gasteiger partial charge in [0.2, 0.25) is 0 Å². The highest BCUT2D eigenvalue weighted by atomic mass is 32.3. The molecule has 0 N–H and O–H groups in total. The Hall–Kier alpha value is -2.43. The van der Waals surface area contributed by atoms with Gasteiger partial charge in [0, 0.05) is 6.54 Å². The normalized spacial score (nSPS) is 21.8. The zero-order chi connectivity index (χ0) is 19.7. The maximum absolute atomic E-state index is 12.7. The largest absolute Gasteiger partial charge is 0.459 e. The lowest BCUT2D eigenvalue weighted by atomic mass is 10.0. The molecule has 8 nitrogen and oxygen atoms in total. The summed E-state index contributed by atoms with van der Waals surface area (Å²) in [5.41, 5.74) is 0.851. The van der Waals surface area contributed by atoms with Gasteiger partial charge in [-0.05, 0) is 29.9 Å². The van der Waals surface area contributed by atoms with Gasteiger partial charge in [-0.15, -0.1) is 15.6 Å². The van der Waals surface area contributed by atoms with Crippen LogP contribution in [-0.4, -0.2) is 49.0 Å². The van der Waals surface area contributed by atoms with Crippen LogP contribution in [0.25, 0.3) is 0 Å². The highest BCUT2D eigenvalue weighted by molar-refractivity contribution is 7.88. The molecule has 0 unspecified atom stereocenters. The second-order valence-electron chi connectivity index (χ2n) is 6.56. The van der Waals surface area contributed by atoms with E-state index in [1.807, 2.05) is 30.3 Å². The van der Waals surface area contributed by atoms with Gasteiger partial charge in [0.1, 0.15) is 16.9 Å². The van der Waals surface area contributed by atoms with Gasteiger partial charge in [0.05, 0.1) is 6.04 Å². The topological polar surface area (TPSA) is 93.2 Å². The van der Waals surface area contributed by atoms with Crippen LogP contribution < -0.4 is 0 Å². The van der Waals surface area contributed by atoms with E-state index in [2.05, 4.69) is 0 Å². The molecule has 2 aromatic rings. The Labute approximate surface area is 166 Å². The summed E-state index contributed by atoms with van der Waals surface area (Å²) in [7, 11) is -4.08. The first-order valence-electron chi connectivity index (χ1n) is 8.74. The Kier molecular flexibility index (Phi) is 5.09. The molecule has 0 aliphatic carbocycles. The first kappa shape index (κ1) is 18.9. The lowest BCUT2D eigenvalue weighted by molar-refractivity contribution is -0.151. The molecule has 0 spiro atoms. The lowest BCUT2D eigenvalue weighted by Gasteiger charge is -2.28. The fourth-order valence-corrected chi connectivity index (χ4v) is 5.24. The predicted molar refractivity (Wildman–Crippen MR) is 99.6 cm³/mol. The van der Waals surface area contributed by atoms with E-state index >= 15 is 0 Å². The average molecular weight is 422 g/mol. The third-order valence-corrected chi connectivity index (χ3v) is 7.29. The third kappa shape index (κ3) is 3.62. The van der Waals surface area contributed by atoms with Crippen molar-refractivity contribution < 1.29 is 27.0 Å². The third-order valence-electron chi connectivity index (χ3n) is 4.74. The number of hydroxylamine groups is 2. The molecule has 3 heterocycles. The highest BCUT2D eigenvalue weighted by Gasteiger charge is 2.50. The van der Waals surface area contributed by atoms with E-state index in [1.54, 1.807) is 11.4 Å². The van der Waals surface area contributed by atoms with Crippen LogP contribution in [0, 0.1) is 0 Å². The Bertz CT molecular complexity index is 961. The van der Waals surface area contributed by atoms with Gasteiger partial charge in [0.25, 0.3) is 0 Å². The van der Waals surface area contributed by atoms with Crippen LogP contribution in [0.2, 0.25) is 0 Å². The standard InChI is InChI=1S/C18H18N2O6S2/c21-17(25-12-13-5-2-1-3-6-13)15-9-8-14-11-19(15)18(22)20(14)26-28(23,24)16-7-4-10-27-16/h1-7,10,14-15H,8-9,11-12H2/t14-,15+/m0/s1. The second-order valence-corrected chi connectivity index (χ2v) is 9.27. The minimum absolute atomic E-state index is 0.0237. The summed E-state index contributed by atoms with van der Waals surface area (Å²) in [6.45, 7) is 0.346. The summed E-state index contributed by atoms with van der Waals surface area (Å²) in [4.78, 5) is 26.5. The van der Waals surface area contributed by atoms with Crippen LogP contribution in [0.1, 0.15) is 18.4 Å². The Morgan fingerprint density at radius 3 is 2.64 bits per heavy atom. The van der Waals surface area contributed by atoms with Gasteiger partial charge in [-0.1, -0.05) is 36.4 Å². The number of fused-ring (bicyclic) bond motifs is 2. The van der Waals surface area contributed by atoms with Crippen LogP contribution in [-0.2, 0) is 30.5 Å². The minimum atomic E-state index is -4.08. The molecule has 2 atom stereocenters. The number of nitrogens with zero attached hydrogens (tertiary/aromatic N) is 2. The number of rotatable bonds is 6. The smallest absolute Gasteiger partial charge is 0.346 e. The molecule has 2 saturated heterocycles. The SMILES string of the molecule is O=C(OCc1ccccc1)[C@H]1CC[C@H]2CN1C(=O)N2OS(=O)(=O)c1cccs1. The van der Waals surface area contributed by atoms with Gasteiger partial charge in [-0.25, -0.2) is 9.59 Å². The van der Waals surface area contributed by atoms with Gasteiger partial charge in [-0.2, -0.15) is 13.5 Å². The van der Waals surface area contributed by atoms with Crippen LogP contribution >= 0.6 is 11.3 Å². The van der Waals surface area contributed by atoms with Crippen LogP contribution in [0.5, 0.6) is 0 Å². The van der Waals surface area contributed by atoms with E-state index in [9.17, 15) is 18.0 Å². The molecule has 2 fully saturated rings. The number of hydrogen-bond acceptors (Lipinski definition) is 7. The molecular formula is C18H18N2O6S2. The molecular weight excluding hydrogens is 404 g/mol. The number of amides is 2. The van der Waals surface area contributed by atoms with E-state index in [-0.39, 0.29) is 17.4 Å². The average Bonchev–Trinajstić information content (AvgIpc) is 3.32. The molecule has 1 aromatic carbocycles. The van der Waals surface area contributed by atoms with E-state index in [0.717, 1.165) is 22.0 Å². The van der Waals surface area contributed by atoms with Crippen molar-refractivity contribution in [2.24, 2.45) is 0 Å². The van der Waals surface area contributed by atoms with Gasteiger partial charge >= 0.3 is 22.1 Å². The first-order chi connectivity index (χ1) is 13.5. The summed E-state index contributed by atoms with van der Waals surface area (Å²) >= 11 is 1.01. The predicted octanol–water partition coefficient (Wildman–Crippen LogP) is 2.38. The monoisotopic (exact) mass is 422 g/mol. The number of esters is 1. The summed E-state index contributed by atoms with van der Waals surface area (Å²) in [6, 6.07) is 10.5. The number of carbonyl (C=O) groups is 2. The number of benzene rings is 1. The zero-order valence-electron chi connectivity index (χ0n) is 14.8. The molecule has 4 rings (SSSR count). The number of carbonyl (C=O) groups excluding carboxylic acids is 2. The maximum Gasteiger partial charge on any atom is 0.346 e.